The Morgan fingerprint density at radius 3 is 1.50 bits per heavy atom. The topological polar surface area (TPSA) is 8.17 Å². The Balaban J connectivity index is 0.891. The number of hydrogen-bond donors (Lipinski definition) is 0. The molecule has 0 bridgehead atoms. The minimum absolute atomic E-state index is 0.464. The van der Waals surface area contributed by atoms with Crippen molar-refractivity contribution >= 4 is 38.9 Å². The molecule has 1 aliphatic heterocycles. The lowest BCUT2D eigenvalue weighted by atomic mass is 9.65. The third-order valence-electron chi connectivity index (χ3n) is 17.6. The Morgan fingerprint density at radius 2 is 0.763 bits per heavy atom. The summed E-state index contributed by atoms with van der Waals surface area (Å²) in [5.41, 5.74) is 29.2. The van der Waals surface area contributed by atoms with Crippen LogP contribution in [0.4, 0.5) is 17.1 Å². The van der Waals surface area contributed by atoms with Crippen LogP contribution in [0.25, 0.3) is 83.1 Å². The monoisotopic (exact) mass is 962 g/mol. The van der Waals surface area contributed by atoms with E-state index in [0.29, 0.717) is 0 Å². The van der Waals surface area contributed by atoms with E-state index in [1.807, 2.05) is 0 Å². The van der Waals surface area contributed by atoms with Crippen LogP contribution in [0.15, 0.2) is 279 Å². The highest BCUT2D eigenvalue weighted by Crippen LogP contribution is 2.65. The fourth-order valence-corrected chi connectivity index (χ4v) is 14.7. The molecule has 2 heteroatoms. The van der Waals surface area contributed by atoms with Gasteiger partial charge in [0.1, 0.15) is 0 Å². The Bertz CT molecular complexity index is 4550. The highest BCUT2D eigenvalue weighted by Gasteiger charge is 2.53. The first-order valence-electron chi connectivity index (χ1n) is 26.6. The molecule has 4 aliphatic rings. The maximum atomic E-state index is 2.53. The van der Waals surface area contributed by atoms with Crippen molar-refractivity contribution < 1.29 is 0 Å². The van der Waals surface area contributed by atoms with Crippen LogP contribution in [0.3, 0.4) is 0 Å². The third-order valence-corrected chi connectivity index (χ3v) is 17.6. The molecule has 352 valence electrons. The number of rotatable bonds is 5. The second kappa shape index (κ2) is 15.4. The third kappa shape index (κ3) is 5.25. The summed E-state index contributed by atoms with van der Waals surface area (Å²) in [7, 11) is 0. The minimum Gasteiger partial charge on any atom is -0.310 e. The van der Waals surface area contributed by atoms with Crippen molar-refractivity contribution in [2.24, 2.45) is 0 Å². The zero-order valence-corrected chi connectivity index (χ0v) is 41.5. The van der Waals surface area contributed by atoms with Gasteiger partial charge >= 0.3 is 0 Å². The predicted molar refractivity (Wildman–Crippen MR) is 313 cm³/mol. The largest absolute Gasteiger partial charge is 0.310 e. The summed E-state index contributed by atoms with van der Waals surface area (Å²) in [6.07, 6.45) is 0. The molecule has 76 heavy (non-hydrogen) atoms. The van der Waals surface area contributed by atoms with Crippen LogP contribution in [-0.2, 0) is 10.8 Å². The summed E-state index contributed by atoms with van der Waals surface area (Å²) in [4.78, 5) is 2.52. The Labute approximate surface area is 441 Å². The van der Waals surface area contributed by atoms with E-state index in [2.05, 4.69) is 289 Å². The summed E-state index contributed by atoms with van der Waals surface area (Å²) in [5.74, 6) is 0. The normalized spacial score (nSPS) is 15.3. The molecule has 0 fully saturated rings. The van der Waals surface area contributed by atoms with Crippen LogP contribution in [0, 0.1) is 0 Å². The van der Waals surface area contributed by atoms with Gasteiger partial charge in [0, 0.05) is 27.7 Å². The average Bonchev–Trinajstić information content (AvgIpc) is 4.34. The van der Waals surface area contributed by atoms with Gasteiger partial charge in [0.25, 0.3) is 0 Å². The van der Waals surface area contributed by atoms with E-state index in [1.165, 1.54) is 122 Å². The lowest BCUT2D eigenvalue weighted by Crippen LogP contribution is -2.33. The molecule has 2 nitrogen and oxygen atoms in total. The molecular weight excluding hydrogens is 917 g/mol. The van der Waals surface area contributed by atoms with Crippen molar-refractivity contribution in [3.63, 3.8) is 0 Å². The van der Waals surface area contributed by atoms with Crippen molar-refractivity contribution in [2.45, 2.75) is 10.8 Å². The molecule has 2 heterocycles. The Morgan fingerprint density at radius 1 is 0.276 bits per heavy atom. The van der Waals surface area contributed by atoms with Gasteiger partial charge < -0.3 is 9.47 Å². The first kappa shape index (κ1) is 41.7. The number of benzene rings is 12. The second-order valence-corrected chi connectivity index (χ2v) is 21.0. The minimum atomic E-state index is -0.544. The van der Waals surface area contributed by atoms with E-state index in [1.54, 1.807) is 0 Å². The zero-order valence-electron chi connectivity index (χ0n) is 41.5. The maximum Gasteiger partial charge on any atom is 0.0754 e. The van der Waals surface area contributed by atoms with Crippen molar-refractivity contribution in [2.75, 3.05) is 4.90 Å². The lowest BCUT2D eigenvalue weighted by molar-refractivity contribution is 0.749. The van der Waals surface area contributed by atoms with E-state index < -0.39 is 10.8 Å². The molecule has 0 amide bonds. The number of fused-ring (bicyclic) bond motifs is 22. The lowest BCUT2D eigenvalue weighted by Gasteiger charge is -2.39. The van der Waals surface area contributed by atoms with Gasteiger partial charge in [-0.15, -0.1) is 0 Å². The predicted octanol–water partition coefficient (Wildman–Crippen LogP) is 18.6. The highest BCUT2D eigenvalue weighted by molar-refractivity contribution is 6.13. The molecule has 1 aromatic heterocycles. The molecule has 0 N–H and O–H groups in total. The quantitative estimate of drug-likeness (QED) is 0.167. The van der Waals surface area contributed by atoms with Crippen LogP contribution in [0.5, 0.6) is 0 Å². The molecule has 13 aromatic rings. The molecule has 3 aliphatic carbocycles. The second-order valence-electron chi connectivity index (χ2n) is 21.0. The molecule has 0 saturated carbocycles. The summed E-state index contributed by atoms with van der Waals surface area (Å²) < 4.78 is 2.53. The van der Waals surface area contributed by atoms with E-state index in [0.717, 1.165) is 22.6 Å². The number of anilines is 3. The fraction of sp³-hybridized carbons (Fsp3) is 0.0270. The van der Waals surface area contributed by atoms with Gasteiger partial charge in [0.2, 0.25) is 0 Å². The number of aromatic nitrogens is 1. The average molecular weight is 963 g/mol. The molecule has 0 saturated heterocycles. The van der Waals surface area contributed by atoms with E-state index in [-0.39, 0.29) is 0 Å². The van der Waals surface area contributed by atoms with Gasteiger partial charge in [-0.1, -0.05) is 231 Å². The first-order valence-corrected chi connectivity index (χ1v) is 26.6. The van der Waals surface area contributed by atoms with E-state index in [9.17, 15) is 0 Å². The van der Waals surface area contributed by atoms with Crippen molar-refractivity contribution in [1.29, 1.82) is 0 Å². The molecule has 0 radical (unpaired) electrons. The maximum absolute atomic E-state index is 2.53. The van der Waals surface area contributed by atoms with Gasteiger partial charge in [-0.05, 0) is 143 Å². The van der Waals surface area contributed by atoms with Crippen LogP contribution < -0.4 is 4.90 Å². The van der Waals surface area contributed by atoms with Gasteiger partial charge in [-0.2, -0.15) is 0 Å². The first-order chi connectivity index (χ1) is 37.7. The van der Waals surface area contributed by atoms with Crippen LogP contribution in [-0.4, -0.2) is 4.57 Å². The van der Waals surface area contributed by atoms with E-state index >= 15 is 0 Å². The molecule has 17 rings (SSSR count). The standard InChI is InChI=1S/C74H46N2/c1-2-19-47(20-3-1)48-39-42-51(43-40-48)75(70-38-18-34-65-71(70)59-27-7-12-32-63(59)73(65)60-29-9-4-23-53(60)54-24-5-10-30-61(54)73)52-22-16-21-49(45-52)50-41-44-56-55-25-6-11-31-62(55)74(67(56)46-50)64-33-13-15-37-69(64)76-68-36-14-8-26-57(68)58-28-17-35-66(74)72(58)76/h1-46H. The summed E-state index contributed by atoms with van der Waals surface area (Å²) in [6, 6.07) is 105. The highest BCUT2D eigenvalue weighted by atomic mass is 15.1. The molecular formula is C74H46N2. The Hall–Kier alpha value is -9.76. The van der Waals surface area contributed by atoms with Gasteiger partial charge in [-0.25, -0.2) is 0 Å². The molecule has 1 atom stereocenters. The summed E-state index contributed by atoms with van der Waals surface area (Å²) >= 11 is 0. The number of nitrogens with zero attached hydrogens (tertiary/aromatic N) is 2. The SMILES string of the molecule is c1ccc(-c2ccc(N(c3cccc(-c4ccc5c(c4)C4(c6ccccc6-5)c5ccccc5-n5c6ccccc6c6cccc4c65)c3)c3cccc4c3-c3ccccc3C43c4ccccc4-c4ccccc43)cc2)cc1. The smallest absolute Gasteiger partial charge is 0.0754 e. The fourth-order valence-electron chi connectivity index (χ4n) is 14.7. The molecule has 2 spiro atoms. The van der Waals surface area contributed by atoms with Crippen LogP contribution in [0.1, 0.15) is 44.5 Å². The van der Waals surface area contributed by atoms with Gasteiger partial charge in [-0.3, -0.25) is 0 Å². The molecule has 1 unspecified atom stereocenters. The number of para-hydroxylation sites is 3. The summed E-state index contributed by atoms with van der Waals surface area (Å²) in [6.45, 7) is 0. The molecule has 12 aromatic carbocycles. The van der Waals surface area contributed by atoms with Crippen LogP contribution >= 0.6 is 0 Å². The van der Waals surface area contributed by atoms with Crippen molar-refractivity contribution in [1.82, 2.24) is 4.57 Å². The Kier molecular flexibility index (Phi) is 8.44. The zero-order chi connectivity index (χ0) is 49.7. The van der Waals surface area contributed by atoms with Crippen molar-refractivity contribution in [3.05, 3.63) is 324 Å². The number of hydrogen-bond acceptors (Lipinski definition) is 1. The summed E-state index contributed by atoms with van der Waals surface area (Å²) in [5, 5.41) is 2.57. The van der Waals surface area contributed by atoms with E-state index in [4.69, 9.17) is 0 Å². The van der Waals surface area contributed by atoms with Crippen molar-refractivity contribution in [3.8, 4) is 61.3 Å². The van der Waals surface area contributed by atoms with Gasteiger partial charge in [0.15, 0.2) is 0 Å². The van der Waals surface area contributed by atoms with Gasteiger partial charge in [0.05, 0.1) is 33.2 Å². The van der Waals surface area contributed by atoms with Crippen LogP contribution in [0.2, 0.25) is 0 Å².